The van der Waals surface area contributed by atoms with Crippen LogP contribution in [0.3, 0.4) is 0 Å². The van der Waals surface area contributed by atoms with E-state index in [0.29, 0.717) is 12.2 Å². The third-order valence-corrected chi connectivity index (χ3v) is 5.51. The maximum absolute atomic E-state index is 12.5. The fourth-order valence-corrected chi connectivity index (χ4v) is 4.35. The van der Waals surface area contributed by atoms with Gasteiger partial charge in [0.25, 0.3) is 0 Å². The molecule has 0 radical (unpaired) electrons. The normalized spacial score (nSPS) is 17.3. The van der Waals surface area contributed by atoms with Crippen molar-refractivity contribution in [1.29, 1.82) is 0 Å². The zero-order valence-corrected chi connectivity index (χ0v) is 17.1. The van der Waals surface area contributed by atoms with Gasteiger partial charge < -0.3 is 5.32 Å². The van der Waals surface area contributed by atoms with Gasteiger partial charge >= 0.3 is 0 Å². The Morgan fingerprint density at radius 2 is 1.93 bits per heavy atom. The molecule has 2 aromatic carbocycles. The first-order valence-electron chi connectivity index (χ1n) is 9.13. The molecule has 0 bridgehead atoms. The third kappa shape index (κ3) is 4.92. The summed E-state index contributed by atoms with van der Waals surface area (Å²) in [6.07, 6.45) is 0.462. The number of carbonyl (C=O) groups excluding carboxylic acids is 2. The van der Waals surface area contributed by atoms with E-state index in [9.17, 15) is 9.59 Å². The van der Waals surface area contributed by atoms with E-state index in [1.807, 2.05) is 81.1 Å². The van der Waals surface area contributed by atoms with Gasteiger partial charge in [-0.2, -0.15) is 0 Å². The van der Waals surface area contributed by atoms with Crippen LogP contribution in [0.1, 0.15) is 43.7 Å². The van der Waals surface area contributed by atoms with Crippen LogP contribution >= 0.6 is 11.8 Å². The quantitative estimate of drug-likeness (QED) is 0.796. The molecule has 1 aliphatic rings. The SMILES string of the molecule is Cc1cccc(N2C(=O)CS[C@@H]2c2cccc(NC(=O)CC(C)(C)C)c2)c1. The van der Waals surface area contributed by atoms with Crippen LogP contribution in [0.5, 0.6) is 0 Å². The Hall–Kier alpha value is -2.27. The minimum Gasteiger partial charge on any atom is -0.326 e. The Morgan fingerprint density at radius 1 is 1.19 bits per heavy atom. The predicted molar refractivity (Wildman–Crippen MR) is 113 cm³/mol. The molecule has 0 spiro atoms. The van der Waals surface area contributed by atoms with Crippen LogP contribution in [-0.4, -0.2) is 17.6 Å². The summed E-state index contributed by atoms with van der Waals surface area (Å²) >= 11 is 1.61. The van der Waals surface area contributed by atoms with Gasteiger partial charge in [-0.3, -0.25) is 14.5 Å². The smallest absolute Gasteiger partial charge is 0.238 e. The molecule has 27 heavy (non-hydrogen) atoms. The molecule has 2 aromatic rings. The molecule has 1 atom stereocenters. The summed E-state index contributed by atoms with van der Waals surface area (Å²) in [5.74, 6) is 0.572. The Morgan fingerprint density at radius 3 is 2.63 bits per heavy atom. The molecule has 1 heterocycles. The van der Waals surface area contributed by atoms with Crippen LogP contribution in [0.2, 0.25) is 0 Å². The maximum Gasteiger partial charge on any atom is 0.238 e. The number of nitrogens with one attached hydrogen (secondary N) is 1. The van der Waals surface area contributed by atoms with Crippen molar-refractivity contribution in [3.05, 3.63) is 59.7 Å². The molecule has 2 amide bonds. The first-order chi connectivity index (χ1) is 12.7. The molecular formula is C22H26N2O2S. The highest BCUT2D eigenvalue weighted by molar-refractivity contribution is 8.00. The molecule has 142 valence electrons. The van der Waals surface area contributed by atoms with Gasteiger partial charge in [0.2, 0.25) is 11.8 Å². The summed E-state index contributed by atoms with van der Waals surface area (Å²) in [4.78, 5) is 26.6. The fraction of sp³-hybridized carbons (Fsp3) is 0.364. The summed E-state index contributed by atoms with van der Waals surface area (Å²) < 4.78 is 0. The summed E-state index contributed by atoms with van der Waals surface area (Å²) in [5.41, 5.74) is 3.76. The zero-order chi connectivity index (χ0) is 19.6. The number of amides is 2. The lowest BCUT2D eigenvalue weighted by atomic mass is 9.92. The number of benzene rings is 2. The van der Waals surface area contributed by atoms with Crippen molar-refractivity contribution in [3.8, 4) is 0 Å². The summed E-state index contributed by atoms with van der Waals surface area (Å²) in [6, 6.07) is 15.8. The zero-order valence-electron chi connectivity index (χ0n) is 16.3. The van der Waals surface area contributed by atoms with Crippen LogP contribution in [0.4, 0.5) is 11.4 Å². The highest BCUT2D eigenvalue weighted by atomic mass is 32.2. The Balaban J connectivity index is 1.83. The number of nitrogens with zero attached hydrogens (tertiary/aromatic N) is 1. The van der Waals surface area contributed by atoms with Gasteiger partial charge in [0.05, 0.1) is 5.75 Å². The van der Waals surface area contributed by atoms with Crippen molar-refractivity contribution in [2.45, 2.75) is 39.5 Å². The van der Waals surface area contributed by atoms with Crippen molar-refractivity contribution in [3.63, 3.8) is 0 Å². The average Bonchev–Trinajstić information content (AvgIpc) is 2.95. The second kappa shape index (κ2) is 7.77. The van der Waals surface area contributed by atoms with Crippen LogP contribution in [0.15, 0.2) is 48.5 Å². The summed E-state index contributed by atoms with van der Waals surface area (Å²) in [5, 5.41) is 2.90. The number of carbonyl (C=O) groups is 2. The van der Waals surface area contributed by atoms with Crippen molar-refractivity contribution < 1.29 is 9.59 Å². The van der Waals surface area contributed by atoms with Crippen molar-refractivity contribution >= 4 is 35.0 Å². The van der Waals surface area contributed by atoms with Crippen LogP contribution < -0.4 is 10.2 Å². The summed E-state index contributed by atoms with van der Waals surface area (Å²) in [6.45, 7) is 8.16. The average molecular weight is 383 g/mol. The lowest BCUT2D eigenvalue weighted by Crippen LogP contribution is -2.28. The van der Waals surface area contributed by atoms with Gasteiger partial charge in [0.1, 0.15) is 5.37 Å². The maximum atomic E-state index is 12.5. The Labute approximate surface area is 165 Å². The van der Waals surface area contributed by atoms with E-state index in [1.54, 1.807) is 11.8 Å². The van der Waals surface area contributed by atoms with Gasteiger partial charge in [-0.05, 0) is 47.7 Å². The standard InChI is InChI=1S/C22H26N2O2S/c1-15-7-5-10-18(11-15)24-20(26)14-27-21(24)16-8-6-9-17(12-16)23-19(25)13-22(2,3)4/h5-12,21H,13-14H2,1-4H3,(H,23,25)/t21-/m1/s1. The molecule has 1 saturated heterocycles. The lowest BCUT2D eigenvalue weighted by molar-refractivity contribution is -0.118. The largest absolute Gasteiger partial charge is 0.326 e. The van der Waals surface area contributed by atoms with Crippen LogP contribution in [0.25, 0.3) is 0 Å². The number of thioether (sulfide) groups is 1. The molecule has 0 aliphatic carbocycles. The second-order valence-electron chi connectivity index (χ2n) is 8.18. The number of aryl methyl sites for hydroxylation is 1. The number of rotatable bonds is 4. The van der Waals surface area contributed by atoms with E-state index >= 15 is 0 Å². The van der Waals surface area contributed by atoms with E-state index in [-0.39, 0.29) is 22.6 Å². The molecule has 3 rings (SSSR count). The van der Waals surface area contributed by atoms with E-state index in [2.05, 4.69) is 5.32 Å². The molecule has 1 N–H and O–H groups in total. The number of hydrogen-bond donors (Lipinski definition) is 1. The molecule has 5 heteroatoms. The van der Waals surface area contributed by atoms with Crippen molar-refractivity contribution in [1.82, 2.24) is 0 Å². The van der Waals surface area contributed by atoms with E-state index in [4.69, 9.17) is 0 Å². The van der Waals surface area contributed by atoms with Gasteiger partial charge in [-0.25, -0.2) is 0 Å². The molecule has 0 unspecified atom stereocenters. The predicted octanol–water partition coefficient (Wildman–Crippen LogP) is 5.15. The fourth-order valence-electron chi connectivity index (χ4n) is 3.18. The van der Waals surface area contributed by atoms with E-state index in [0.717, 1.165) is 22.5 Å². The molecular weight excluding hydrogens is 356 g/mol. The molecule has 0 saturated carbocycles. The molecule has 4 nitrogen and oxygen atoms in total. The van der Waals surface area contributed by atoms with Gasteiger partial charge in [0.15, 0.2) is 0 Å². The van der Waals surface area contributed by atoms with Crippen molar-refractivity contribution in [2.24, 2.45) is 5.41 Å². The van der Waals surface area contributed by atoms with Crippen molar-refractivity contribution in [2.75, 3.05) is 16.0 Å². The lowest BCUT2D eigenvalue weighted by Gasteiger charge is -2.25. The van der Waals surface area contributed by atoms with Crippen LogP contribution in [-0.2, 0) is 9.59 Å². The van der Waals surface area contributed by atoms with Crippen LogP contribution in [0, 0.1) is 12.3 Å². The Kier molecular flexibility index (Phi) is 5.61. The molecule has 1 aliphatic heterocycles. The van der Waals surface area contributed by atoms with Gasteiger partial charge in [-0.1, -0.05) is 45.0 Å². The molecule has 0 aromatic heterocycles. The second-order valence-corrected chi connectivity index (χ2v) is 9.25. The topological polar surface area (TPSA) is 49.4 Å². The first kappa shape index (κ1) is 19.5. The number of hydrogen-bond acceptors (Lipinski definition) is 3. The van der Waals surface area contributed by atoms with E-state index < -0.39 is 0 Å². The first-order valence-corrected chi connectivity index (χ1v) is 10.2. The highest BCUT2D eigenvalue weighted by Gasteiger charge is 2.34. The highest BCUT2D eigenvalue weighted by Crippen LogP contribution is 2.42. The molecule has 1 fully saturated rings. The van der Waals surface area contributed by atoms with Gasteiger partial charge in [-0.15, -0.1) is 11.8 Å². The third-order valence-electron chi connectivity index (χ3n) is 4.29. The van der Waals surface area contributed by atoms with E-state index in [1.165, 1.54) is 0 Å². The monoisotopic (exact) mass is 382 g/mol. The Bertz CT molecular complexity index is 857. The minimum atomic E-state index is -0.0845. The number of anilines is 2. The minimum absolute atomic E-state index is 0.00495. The van der Waals surface area contributed by atoms with Gasteiger partial charge in [0, 0.05) is 17.8 Å². The summed E-state index contributed by atoms with van der Waals surface area (Å²) in [7, 11) is 0.